The highest BCUT2D eigenvalue weighted by Crippen LogP contribution is 2.30. The number of piperidine rings is 1. The van der Waals surface area contributed by atoms with Gasteiger partial charge < -0.3 is 14.6 Å². The number of benzene rings is 1. The van der Waals surface area contributed by atoms with Gasteiger partial charge in [-0.3, -0.25) is 9.69 Å². The molecule has 0 amide bonds. The Bertz CT molecular complexity index is 573. The van der Waals surface area contributed by atoms with Gasteiger partial charge in [0.15, 0.2) is 11.5 Å². The third-order valence-electron chi connectivity index (χ3n) is 4.93. The van der Waals surface area contributed by atoms with Crippen molar-refractivity contribution in [1.82, 2.24) is 4.90 Å². The average molecular weight is 349 g/mol. The minimum Gasteiger partial charge on any atom is -0.493 e. The number of hydrogen-bond acceptors (Lipinski definition) is 4. The second kappa shape index (κ2) is 9.09. The topological polar surface area (TPSA) is 59.0 Å². The van der Waals surface area contributed by atoms with Gasteiger partial charge in [-0.2, -0.15) is 0 Å². The molecule has 2 atom stereocenters. The van der Waals surface area contributed by atoms with E-state index in [-0.39, 0.29) is 5.92 Å². The molecule has 1 aromatic carbocycles. The SMILES string of the molecule is COc1ccc(CN2CC(C(=O)O)CCC2C)cc1OCCC(C)C. The van der Waals surface area contributed by atoms with Crippen LogP contribution in [0.25, 0.3) is 0 Å². The van der Waals surface area contributed by atoms with Crippen LogP contribution in [0.1, 0.15) is 45.6 Å². The van der Waals surface area contributed by atoms with E-state index in [1.807, 2.05) is 18.2 Å². The fraction of sp³-hybridized carbons (Fsp3) is 0.650. The Morgan fingerprint density at radius 3 is 2.72 bits per heavy atom. The van der Waals surface area contributed by atoms with Gasteiger partial charge in [0.25, 0.3) is 0 Å². The summed E-state index contributed by atoms with van der Waals surface area (Å²) in [6, 6.07) is 6.38. The van der Waals surface area contributed by atoms with E-state index in [0.717, 1.165) is 42.9 Å². The molecule has 0 spiro atoms. The van der Waals surface area contributed by atoms with E-state index in [1.165, 1.54) is 0 Å². The van der Waals surface area contributed by atoms with Gasteiger partial charge in [0.05, 0.1) is 19.6 Å². The Morgan fingerprint density at radius 2 is 2.08 bits per heavy atom. The van der Waals surface area contributed by atoms with Crippen molar-refractivity contribution in [3.8, 4) is 11.5 Å². The molecule has 2 unspecified atom stereocenters. The second-order valence-corrected chi connectivity index (χ2v) is 7.41. The van der Waals surface area contributed by atoms with Crippen LogP contribution in [0.4, 0.5) is 0 Å². The Balaban J connectivity index is 2.06. The van der Waals surface area contributed by atoms with Gasteiger partial charge in [0, 0.05) is 19.1 Å². The molecule has 0 saturated carbocycles. The predicted molar refractivity (Wildman–Crippen MR) is 98.2 cm³/mol. The molecule has 1 fully saturated rings. The number of aliphatic carboxylic acids is 1. The maximum atomic E-state index is 11.3. The number of rotatable bonds is 8. The highest BCUT2D eigenvalue weighted by Gasteiger charge is 2.29. The quantitative estimate of drug-likeness (QED) is 0.773. The zero-order chi connectivity index (χ0) is 18.4. The summed E-state index contributed by atoms with van der Waals surface area (Å²) in [6.45, 7) is 8.52. The molecule has 0 radical (unpaired) electrons. The summed E-state index contributed by atoms with van der Waals surface area (Å²) >= 11 is 0. The number of nitrogens with zero attached hydrogens (tertiary/aromatic N) is 1. The van der Waals surface area contributed by atoms with E-state index in [1.54, 1.807) is 7.11 Å². The van der Waals surface area contributed by atoms with E-state index in [4.69, 9.17) is 9.47 Å². The van der Waals surface area contributed by atoms with Crippen LogP contribution < -0.4 is 9.47 Å². The predicted octanol–water partition coefficient (Wildman–Crippen LogP) is 3.81. The first kappa shape index (κ1) is 19.6. The summed E-state index contributed by atoms with van der Waals surface area (Å²) in [5.41, 5.74) is 1.12. The lowest BCUT2D eigenvalue weighted by Crippen LogP contribution is -2.43. The van der Waals surface area contributed by atoms with Crippen molar-refractivity contribution in [2.75, 3.05) is 20.3 Å². The van der Waals surface area contributed by atoms with E-state index in [9.17, 15) is 9.90 Å². The summed E-state index contributed by atoms with van der Waals surface area (Å²) in [4.78, 5) is 13.6. The molecule has 25 heavy (non-hydrogen) atoms. The Kier molecular flexibility index (Phi) is 7.12. The Morgan fingerprint density at radius 1 is 1.32 bits per heavy atom. The molecule has 1 N–H and O–H groups in total. The van der Waals surface area contributed by atoms with Gasteiger partial charge in [0.1, 0.15) is 0 Å². The van der Waals surface area contributed by atoms with Gasteiger partial charge in [-0.05, 0) is 49.8 Å². The first-order chi connectivity index (χ1) is 11.9. The molecule has 1 aromatic rings. The zero-order valence-corrected chi connectivity index (χ0v) is 15.8. The molecular formula is C20H31NO4. The lowest BCUT2D eigenvalue weighted by Gasteiger charge is -2.36. The average Bonchev–Trinajstić information content (AvgIpc) is 2.56. The van der Waals surface area contributed by atoms with Gasteiger partial charge in [-0.15, -0.1) is 0 Å². The standard InChI is InChI=1S/C20H31NO4/c1-14(2)9-10-25-19-11-16(6-8-18(19)24-4)12-21-13-17(20(22)23)7-5-15(21)3/h6,8,11,14-15,17H,5,7,9-10,12-13H2,1-4H3,(H,22,23). The first-order valence-corrected chi connectivity index (χ1v) is 9.17. The van der Waals surface area contributed by atoms with Crippen LogP contribution in [0.3, 0.4) is 0 Å². The molecule has 1 saturated heterocycles. The normalized spacial score (nSPS) is 21.3. The van der Waals surface area contributed by atoms with Crippen molar-refractivity contribution in [1.29, 1.82) is 0 Å². The van der Waals surface area contributed by atoms with Crippen molar-refractivity contribution in [3.05, 3.63) is 23.8 Å². The third kappa shape index (κ3) is 5.63. The summed E-state index contributed by atoms with van der Waals surface area (Å²) in [5, 5.41) is 9.30. The highest BCUT2D eigenvalue weighted by atomic mass is 16.5. The van der Waals surface area contributed by atoms with Crippen molar-refractivity contribution < 1.29 is 19.4 Å². The fourth-order valence-corrected chi connectivity index (χ4v) is 3.17. The lowest BCUT2D eigenvalue weighted by molar-refractivity contribution is -0.144. The first-order valence-electron chi connectivity index (χ1n) is 9.17. The number of carbonyl (C=O) groups is 1. The highest BCUT2D eigenvalue weighted by molar-refractivity contribution is 5.70. The monoisotopic (exact) mass is 349 g/mol. The summed E-state index contributed by atoms with van der Waals surface area (Å²) < 4.78 is 11.3. The molecule has 1 aliphatic rings. The van der Waals surface area contributed by atoms with Crippen LogP contribution >= 0.6 is 0 Å². The molecule has 2 rings (SSSR count). The molecule has 0 bridgehead atoms. The van der Waals surface area contributed by atoms with E-state index >= 15 is 0 Å². The van der Waals surface area contributed by atoms with Crippen LogP contribution in [-0.2, 0) is 11.3 Å². The second-order valence-electron chi connectivity index (χ2n) is 7.41. The molecule has 1 heterocycles. The number of carboxylic acids is 1. The molecule has 0 aromatic heterocycles. The molecule has 0 aliphatic carbocycles. The van der Waals surface area contributed by atoms with Crippen molar-refractivity contribution >= 4 is 5.97 Å². The van der Waals surface area contributed by atoms with Crippen LogP contribution in [-0.4, -0.2) is 42.3 Å². The van der Waals surface area contributed by atoms with Crippen molar-refractivity contribution in [2.45, 2.75) is 52.6 Å². The third-order valence-corrected chi connectivity index (χ3v) is 4.93. The van der Waals surface area contributed by atoms with Gasteiger partial charge >= 0.3 is 5.97 Å². The van der Waals surface area contributed by atoms with Crippen LogP contribution in [0, 0.1) is 11.8 Å². The Labute approximate surface area is 150 Å². The van der Waals surface area contributed by atoms with Crippen LogP contribution in [0.2, 0.25) is 0 Å². The van der Waals surface area contributed by atoms with Gasteiger partial charge in [-0.25, -0.2) is 0 Å². The molecule has 5 heteroatoms. The number of hydrogen-bond donors (Lipinski definition) is 1. The number of ether oxygens (including phenoxy) is 2. The summed E-state index contributed by atoms with van der Waals surface area (Å²) in [6.07, 6.45) is 2.68. The van der Waals surface area contributed by atoms with E-state index in [0.29, 0.717) is 25.1 Å². The maximum Gasteiger partial charge on any atom is 0.307 e. The Hall–Kier alpha value is -1.75. The van der Waals surface area contributed by atoms with Gasteiger partial charge in [0.2, 0.25) is 0 Å². The number of methoxy groups -OCH3 is 1. The minimum absolute atomic E-state index is 0.267. The van der Waals surface area contributed by atoms with Crippen LogP contribution in [0.15, 0.2) is 18.2 Å². The fourth-order valence-electron chi connectivity index (χ4n) is 3.17. The van der Waals surface area contributed by atoms with Gasteiger partial charge in [-0.1, -0.05) is 19.9 Å². The largest absolute Gasteiger partial charge is 0.493 e. The molecule has 5 nitrogen and oxygen atoms in total. The number of carboxylic acid groups (broad SMARTS) is 1. The number of likely N-dealkylation sites (tertiary alicyclic amines) is 1. The summed E-state index contributed by atoms with van der Waals surface area (Å²) in [7, 11) is 1.65. The smallest absolute Gasteiger partial charge is 0.307 e. The molecule has 140 valence electrons. The van der Waals surface area contributed by atoms with Crippen molar-refractivity contribution in [2.24, 2.45) is 11.8 Å². The van der Waals surface area contributed by atoms with E-state index < -0.39 is 5.97 Å². The van der Waals surface area contributed by atoms with Crippen LogP contribution in [0.5, 0.6) is 11.5 Å². The van der Waals surface area contributed by atoms with Crippen molar-refractivity contribution in [3.63, 3.8) is 0 Å². The lowest BCUT2D eigenvalue weighted by atomic mass is 9.93. The maximum absolute atomic E-state index is 11.3. The molecular weight excluding hydrogens is 318 g/mol. The van der Waals surface area contributed by atoms with E-state index in [2.05, 4.69) is 25.7 Å². The molecule has 1 aliphatic heterocycles. The minimum atomic E-state index is -0.690. The zero-order valence-electron chi connectivity index (χ0n) is 15.8. The summed E-state index contributed by atoms with van der Waals surface area (Å²) in [5.74, 6) is 1.14.